The number of hydrogen-bond donors (Lipinski definition) is 0. The van der Waals surface area contributed by atoms with E-state index in [2.05, 4.69) is 64.1 Å². The van der Waals surface area contributed by atoms with E-state index in [9.17, 15) is 0 Å². The zero-order valence-corrected chi connectivity index (χ0v) is 18.0. The third-order valence-corrected chi connectivity index (χ3v) is 5.58. The molecule has 2 fully saturated rings. The zero-order chi connectivity index (χ0) is 20.0. The minimum Gasteiger partial charge on any atom is -0.493 e. The van der Waals surface area contributed by atoms with Crippen molar-refractivity contribution in [1.29, 1.82) is 0 Å². The standard InChI is InChI=1S/C15H22O.C11H14O/c1-15(2,3)13-8-5-9-14(10-13)16-11-12-6-4-7-12;1-9-3-2-4-11(7-9)12-8-10-5-6-10/h5,8-10,12H,4,6-7,11H2,1-3H3;2-4,7,10H,5-6,8H2,1H3. The summed E-state index contributed by atoms with van der Waals surface area (Å²) in [7, 11) is 0. The van der Waals surface area contributed by atoms with E-state index in [1.807, 2.05) is 12.1 Å². The van der Waals surface area contributed by atoms with Gasteiger partial charge in [0.15, 0.2) is 0 Å². The fourth-order valence-corrected chi connectivity index (χ4v) is 3.13. The van der Waals surface area contributed by atoms with Gasteiger partial charge < -0.3 is 9.47 Å². The molecular weight excluding hydrogens is 344 g/mol. The molecule has 0 N–H and O–H groups in total. The van der Waals surface area contributed by atoms with Gasteiger partial charge in [0.2, 0.25) is 0 Å². The molecular formula is C26H36O2. The Morgan fingerprint density at radius 3 is 1.86 bits per heavy atom. The second-order valence-corrected chi connectivity index (χ2v) is 9.46. The van der Waals surface area contributed by atoms with Gasteiger partial charge in [-0.25, -0.2) is 0 Å². The highest BCUT2D eigenvalue weighted by Gasteiger charge is 2.21. The van der Waals surface area contributed by atoms with E-state index in [1.54, 1.807) is 0 Å². The summed E-state index contributed by atoms with van der Waals surface area (Å²) in [6, 6.07) is 16.7. The Labute approximate surface area is 171 Å². The number of hydrogen-bond acceptors (Lipinski definition) is 2. The molecule has 2 aliphatic rings. The summed E-state index contributed by atoms with van der Waals surface area (Å²) in [5.41, 5.74) is 2.82. The van der Waals surface area contributed by atoms with E-state index in [4.69, 9.17) is 9.47 Å². The molecule has 0 spiro atoms. The Kier molecular flexibility index (Phi) is 7.04. The van der Waals surface area contributed by atoms with Crippen molar-refractivity contribution in [3.05, 3.63) is 59.7 Å². The van der Waals surface area contributed by atoms with Crippen molar-refractivity contribution < 1.29 is 9.47 Å². The molecule has 0 atom stereocenters. The highest BCUT2D eigenvalue weighted by atomic mass is 16.5. The van der Waals surface area contributed by atoms with E-state index in [-0.39, 0.29) is 5.41 Å². The van der Waals surface area contributed by atoms with Gasteiger partial charge in [0, 0.05) is 0 Å². The normalized spacial score (nSPS) is 16.6. The SMILES string of the molecule is CC(C)(C)c1cccc(OCC2CCC2)c1.Cc1cccc(OCC2CC2)c1. The third-order valence-electron chi connectivity index (χ3n) is 5.58. The van der Waals surface area contributed by atoms with E-state index in [0.29, 0.717) is 0 Å². The van der Waals surface area contributed by atoms with Gasteiger partial charge in [-0.1, -0.05) is 51.5 Å². The molecule has 2 saturated carbocycles. The van der Waals surface area contributed by atoms with E-state index in [1.165, 1.54) is 43.2 Å². The summed E-state index contributed by atoms with van der Waals surface area (Å²) in [5.74, 6) is 3.69. The first kappa shape index (κ1) is 20.8. The van der Waals surface area contributed by atoms with Crippen molar-refractivity contribution in [2.24, 2.45) is 11.8 Å². The van der Waals surface area contributed by atoms with Crippen molar-refractivity contribution in [2.45, 2.75) is 65.2 Å². The molecule has 4 rings (SSSR count). The van der Waals surface area contributed by atoms with Crippen LogP contribution >= 0.6 is 0 Å². The molecule has 2 aromatic carbocycles. The maximum Gasteiger partial charge on any atom is 0.119 e. The first-order chi connectivity index (χ1) is 13.4. The number of rotatable bonds is 6. The molecule has 2 nitrogen and oxygen atoms in total. The predicted molar refractivity (Wildman–Crippen MR) is 117 cm³/mol. The van der Waals surface area contributed by atoms with Crippen LogP contribution in [-0.4, -0.2) is 13.2 Å². The first-order valence-corrected chi connectivity index (χ1v) is 10.8. The van der Waals surface area contributed by atoms with Crippen LogP contribution in [0.4, 0.5) is 0 Å². The topological polar surface area (TPSA) is 18.5 Å². The summed E-state index contributed by atoms with van der Waals surface area (Å²) >= 11 is 0. The van der Waals surface area contributed by atoms with Gasteiger partial charge in [-0.15, -0.1) is 0 Å². The van der Waals surface area contributed by atoms with Gasteiger partial charge in [-0.05, 0) is 85.3 Å². The van der Waals surface area contributed by atoms with Crippen molar-refractivity contribution >= 4 is 0 Å². The molecule has 0 radical (unpaired) electrons. The van der Waals surface area contributed by atoms with Gasteiger partial charge in [0.05, 0.1) is 13.2 Å². The van der Waals surface area contributed by atoms with Gasteiger partial charge in [-0.2, -0.15) is 0 Å². The van der Waals surface area contributed by atoms with Gasteiger partial charge >= 0.3 is 0 Å². The summed E-state index contributed by atoms with van der Waals surface area (Å²) in [6.07, 6.45) is 6.78. The Hall–Kier alpha value is -1.96. The molecule has 2 aromatic rings. The van der Waals surface area contributed by atoms with Crippen LogP contribution in [0.5, 0.6) is 11.5 Å². The summed E-state index contributed by atoms with van der Waals surface area (Å²) < 4.78 is 11.5. The van der Waals surface area contributed by atoms with Crippen LogP contribution < -0.4 is 9.47 Å². The molecule has 152 valence electrons. The van der Waals surface area contributed by atoms with Crippen molar-refractivity contribution in [1.82, 2.24) is 0 Å². The lowest BCUT2D eigenvalue weighted by molar-refractivity contribution is 0.180. The molecule has 2 aliphatic carbocycles. The summed E-state index contributed by atoms with van der Waals surface area (Å²) in [6.45, 7) is 10.6. The second-order valence-electron chi connectivity index (χ2n) is 9.46. The fourth-order valence-electron chi connectivity index (χ4n) is 3.13. The van der Waals surface area contributed by atoms with Gasteiger partial charge in [-0.3, -0.25) is 0 Å². The Bertz CT molecular complexity index is 736. The lowest BCUT2D eigenvalue weighted by Gasteiger charge is -2.25. The minimum absolute atomic E-state index is 0.204. The van der Waals surface area contributed by atoms with Crippen LogP contribution in [-0.2, 0) is 5.41 Å². The molecule has 2 heteroatoms. The predicted octanol–water partition coefficient (Wildman–Crippen LogP) is 6.95. The lowest BCUT2D eigenvalue weighted by atomic mass is 9.86. The minimum atomic E-state index is 0.204. The maximum absolute atomic E-state index is 5.85. The van der Waals surface area contributed by atoms with Crippen molar-refractivity contribution in [2.75, 3.05) is 13.2 Å². The molecule has 0 aromatic heterocycles. The van der Waals surface area contributed by atoms with Crippen molar-refractivity contribution in [3.8, 4) is 11.5 Å². The summed E-state index contributed by atoms with van der Waals surface area (Å²) in [4.78, 5) is 0. The molecule has 0 aliphatic heterocycles. The average Bonchev–Trinajstić information content (AvgIpc) is 3.43. The second kappa shape index (κ2) is 9.49. The largest absolute Gasteiger partial charge is 0.493 e. The average molecular weight is 381 g/mol. The fraction of sp³-hybridized carbons (Fsp3) is 0.538. The monoisotopic (exact) mass is 380 g/mol. The van der Waals surface area contributed by atoms with E-state index < -0.39 is 0 Å². The Balaban J connectivity index is 0.000000167. The molecule has 0 bridgehead atoms. The van der Waals surface area contributed by atoms with Gasteiger partial charge in [0.25, 0.3) is 0 Å². The van der Waals surface area contributed by atoms with E-state index in [0.717, 1.165) is 36.5 Å². The number of ether oxygens (including phenoxy) is 2. The van der Waals surface area contributed by atoms with Crippen LogP contribution in [0.15, 0.2) is 48.5 Å². The molecule has 0 unspecified atom stereocenters. The molecule has 0 heterocycles. The highest BCUT2D eigenvalue weighted by Crippen LogP contribution is 2.30. The van der Waals surface area contributed by atoms with E-state index >= 15 is 0 Å². The molecule has 28 heavy (non-hydrogen) atoms. The smallest absolute Gasteiger partial charge is 0.119 e. The Morgan fingerprint density at radius 2 is 1.36 bits per heavy atom. The quantitative estimate of drug-likeness (QED) is 0.540. The van der Waals surface area contributed by atoms with Crippen LogP contribution in [0.3, 0.4) is 0 Å². The maximum atomic E-state index is 5.85. The summed E-state index contributed by atoms with van der Waals surface area (Å²) in [5, 5.41) is 0. The van der Waals surface area contributed by atoms with Crippen LogP contribution in [0.2, 0.25) is 0 Å². The first-order valence-electron chi connectivity index (χ1n) is 10.8. The van der Waals surface area contributed by atoms with Crippen molar-refractivity contribution in [3.63, 3.8) is 0 Å². The number of aryl methyl sites for hydroxylation is 1. The number of benzene rings is 2. The Morgan fingerprint density at radius 1 is 0.786 bits per heavy atom. The third kappa shape index (κ3) is 6.89. The lowest BCUT2D eigenvalue weighted by Crippen LogP contribution is -2.19. The highest BCUT2D eigenvalue weighted by molar-refractivity contribution is 5.32. The van der Waals surface area contributed by atoms with Gasteiger partial charge in [0.1, 0.15) is 11.5 Å². The van der Waals surface area contributed by atoms with Crippen LogP contribution in [0.25, 0.3) is 0 Å². The van der Waals surface area contributed by atoms with Crippen LogP contribution in [0.1, 0.15) is 64.0 Å². The molecule has 0 amide bonds. The van der Waals surface area contributed by atoms with Crippen LogP contribution in [0, 0.1) is 18.8 Å². The molecule has 0 saturated heterocycles. The zero-order valence-electron chi connectivity index (χ0n) is 18.0.